The number of rotatable bonds is 3. The summed E-state index contributed by atoms with van der Waals surface area (Å²) in [6.45, 7) is 2.04. The van der Waals surface area contributed by atoms with Crippen molar-refractivity contribution in [3.63, 3.8) is 0 Å². The Morgan fingerprint density at radius 3 is 2.36 bits per heavy atom. The van der Waals surface area contributed by atoms with Crippen molar-refractivity contribution in [2.24, 2.45) is 11.3 Å². The van der Waals surface area contributed by atoms with Gasteiger partial charge in [0.15, 0.2) is 9.84 Å². The first-order chi connectivity index (χ1) is 10.1. The van der Waals surface area contributed by atoms with Crippen LogP contribution < -0.4 is 5.32 Å². The van der Waals surface area contributed by atoms with Crippen molar-refractivity contribution in [2.75, 3.05) is 19.3 Å². The zero-order valence-corrected chi connectivity index (χ0v) is 13.0. The largest absolute Gasteiger partial charge is 0.417 e. The minimum Gasteiger partial charge on any atom is -0.316 e. The summed E-state index contributed by atoms with van der Waals surface area (Å²) >= 11 is 0. The monoisotopic (exact) mass is 333 g/mol. The van der Waals surface area contributed by atoms with E-state index >= 15 is 0 Å². The predicted octanol–water partition coefficient (Wildman–Crippen LogP) is 2.65. The SMILES string of the molecule is CS(=O)(=O)c1cc(CC2CC3(CNC3)C2)ccc1C(F)(F)F. The molecule has 3 nitrogen and oxygen atoms in total. The van der Waals surface area contributed by atoms with E-state index in [9.17, 15) is 21.6 Å². The van der Waals surface area contributed by atoms with Crippen LogP contribution in [0.2, 0.25) is 0 Å². The van der Waals surface area contributed by atoms with Gasteiger partial charge in [0, 0.05) is 19.3 Å². The smallest absolute Gasteiger partial charge is 0.316 e. The van der Waals surface area contributed by atoms with Gasteiger partial charge in [0.1, 0.15) is 0 Å². The van der Waals surface area contributed by atoms with E-state index in [1.54, 1.807) is 0 Å². The lowest BCUT2D eigenvalue weighted by molar-refractivity contribution is -0.139. The van der Waals surface area contributed by atoms with Crippen molar-refractivity contribution < 1.29 is 21.6 Å². The fourth-order valence-corrected chi connectivity index (χ4v) is 4.59. The summed E-state index contributed by atoms with van der Waals surface area (Å²) in [7, 11) is -3.91. The van der Waals surface area contributed by atoms with Gasteiger partial charge in [0.2, 0.25) is 0 Å². The van der Waals surface area contributed by atoms with E-state index in [2.05, 4.69) is 5.32 Å². The molecule has 1 N–H and O–H groups in total. The molecule has 0 amide bonds. The Morgan fingerprint density at radius 1 is 1.27 bits per heavy atom. The highest BCUT2D eigenvalue weighted by Gasteiger charge is 2.48. The zero-order chi connectivity index (χ0) is 16.2. The second kappa shape index (κ2) is 4.96. The molecule has 1 saturated carbocycles. The van der Waals surface area contributed by atoms with Gasteiger partial charge in [-0.2, -0.15) is 13.2 Å². The molecule has 0 bridgehead atoms. The number of sulfone groups is 1. The molecule has 0 aromatic heterocycles. The Bertz CT molecular complexity index is 685. The maximum Gasteiger partial charge on any atom is 0.417 e. The molecule has 0 unspecified atom stereocenters. The van der Waals surface area contributed by atoms with Crippen molar-refractivity contribution in [3.8, 4) is 0 Å². The van der Waals surface area contributed by atoms with Gasteiger partial charge in [0.25, 0.3) is 0 Å². The van der Waals surface area contributed by atoms with E-state index in [-0.39, 0.29) is 0 Å². The van der Waals surface area contributed by atoms with Crippen LogP contribution in [0, 0.1) is 11.3 Å². The third-order valence-electron chi connectivity index (χ3n) is 4.72. The van der Waals surface area contributed by atoms with Crippen LogP contribution in [0.15, 0.2) is 23.1 Å². The third-order valence-corrected chi connectivity index (χ3v) is 5.86. The minimum absolute atomic E-state index is 0.399. The summed E-state index contributed by atoms with van der Waals surface area (Å²) in [5.74, 6) is 0.436. The Hall–Kier alpha value is -1.08. The van der Waals surface area contributed by atoms with Crippen molar-refractivity contribution in [1.29, 1.82) is 0 Å². The first-order valence-corrected chi connectivity index (χ1v) is 9.09. The van der Waals surface area contributed by atoms with Gasteiger partial charge >= 0.3 is 6.18 Å². The van der Waals surface area contributed by atoms with E-state index in [4.69, 9.17) is 0 Å². The molecular weight excluding hydrogens is 315 g/mol. The molecule has 122 valence electrons. The molecule has 2 aliphatic rings. The molecule has 22 heavy (non-hydrogen) atoms. The topological polar surface area (TPSA) is 46.2 Å². The highest BCUT2D eigenvalue weighted by atomic mass is 32.2. The lowest BCUT2D eigenvalue weighted by Gasteiger charge is -2.54. The van der Waals surface area contributed by atoms with E-state index < -0.39 is 26.5 Å². The molecule has 1 aromatic rings. The molecule has 1 heterocycles. The lowest BCUT2D eigenvalue weighted by atomic mass is 9.57. The average molecular weight is 333 g/mol. The molecule has 1 aliphatic carbocycles. The second-order valence-electron chi connectivity index (χ2n) is 6.68. The summed E-state index contributed by atoms with van der Waals surface area (Å²) in [4.78, 5) is -0.614. The van der Waals surface area contributed by atoms with Crippen LogP contribution in [0.25, 0.3) is 0 Å². The van der Waals surface area contributed by atoms with Gasteiger partial charge in [0.05, 0.1) is 10.5 Å². The molecule has 3 rings (SSSR count). The number of halogens is 3. The first kappa shape index (κ1) is 15.8. The molecule has 1 saturated heterocycles. The standard InChI is InChI=1S/C15H18F3NO2S/c1-22(20,21)13-5-10(2-3-12(13)15(16,17)18)4-11-6-14(7-11)8-19-9-14/h2-3,5,11,19H,4,6-9H2,1H3. The molecule has 1 aliphatic heterocycles. The Kier molecular flexibility index (Phi) is 3.56. The summed E-state index contributed by atoms with van der Waals surface area (Å²) in [6, 6.07) is 3.49. The van der Waals surface area contributed by atoms with Gasteiger partial charge in [-0.1, -0.05) is 6.07 Å². The maximum atomic E-state index is 12.9. The van der Waals surface area contributed by atoms with Crippen molar-refractivity contribution in [3.05, 3.63) is 29.3 Å². The highest BCUT2D eigenvalue weighted by Crippen LogP contribution is 2.49. The number of hydrogen-bond donors (Lipinski definition) is 1. The Morgan fingerprint density at radius 2 is 1.91 bits per heavy atom. The molecule has 1 aromatic carbocycles. The number of nitrogens with one attached hydrogen (secondary N) is 1. The van der Waals surface area contributed by atoms with Crippen LogP contribution >= 0.6 is 0 Å². The average Bonchev–Trinajstić information content (AvgIpc) is 2.28. The number of benzene rings is 1. The third kappa shape index (κ3) is 2.88. The van der Waals surface area contributed by atoms with Crippen LogP contribution in [0.4, 0.5) is 13.2 Å². The normalized spacial score (nSPS) is 21.5. The molecule has 2 fully saturated rings. The number of alkyl halides is 3. The highest BCUT2D eigenvalue weighted by molar-refractivity contribution is 7.90. The van der Waals surface area contributed by atoms with Crippen molar-refractivity contribution >= 4 is 9.84 Å². The van der Waals surface area contributed by atoms with Gasteiger partial charge < -0.3 is 5.32 Å². The lowest BCUT2D eigenvalue weighted by Crippen LogP contribution is -2.60. The molecule has 0 atom stereocenters. The quantitative estimate of drug-likeness (QED) is 0.925. The maximum absolute atomic E-state index is 12.9. The predicted molar refractivity (Wildman–Crippen MR) is 76.3 cm³/mol. The van der Waals surface area contributed by atoms with Gasteiger partial charge in [-0.25, -0.2) is 8.42 Å². The van der Waals surface area contributed by atoms with E-state index in [0.717, 1.165) is 38.3 Å². The molecular formula is C15H18F3NO2S. The fourth-order valence-electron chi connectivity index (χ4n) is 3.64. The van der Waals surface area contributed by atoms with Crippen LogP contribution in [0.3, 0.4) is 0 Å². The Labute approximate surface area is 127 Å². The zero-order valence-electron chi connectivity index (χ0n) is 12.2. The summed E-state index contributed by atoms with van der Waals surface area (Å²) in [5, 5.41) is 3.24. The first-order valence-electron chi connectivity index (χ1n) is 7.20. The van der Waals surface area contributed by atoms with Crippen LogP contribution in [0.5, 0.6) is 0 Å². The summed E-state index contributed by atoms with van der Waals surface area (Å²) in [5.41, 5.74) is -0.0106. The van der Waals surface area contributed by atoms with Crippen molar-refractivity contribution in [1.82, 2.24) is 5.32 Å². The van der Waals surface area contributed by atoms with E-state index in [0.29, 0.717) is 23.3 Å². The summed E-state index contributed by atoms with van der Waals surface area (Å²) in [6.07, 6.45) is -1.07. The molecule has 0 radical (unpaired) electrons. The van der Waals surface area contributed by atoms with Gasteiger partial charge in [-0.3, -0.25) is 0 Å². The van der Waals surface area contributed by atoms with Crippen LogP contribution in [-0.4, -0.2) is 27.8 Å². The fraction of sp³-hybridized carbons (Fsp3) is 0.600. The number of hydrogen-bond acceptors (Lipinski definition) is 3. The van der Waals surface area contributed by atoms with Gasteiger partial charge in [-0.15, -0.1) is 0 Å². The second-order valence-corrected chi connectivity index (χ2v) is 8.67. The summed E-state index contributed by atoms with van der Waals surface area (Å²) < 4.78 is 62.1. The van der Waals surface area contributed by atoms with Gasteiger partial charge in [-0.05, 0) is 48.3 Å². The minimum atomic E-state index is -4.66. The van der Waals surface area contributed by atoms with E-state index in [1.807, 2.05) is 0 Å². The molecule has 1 spiro atoms. The van der Waals surface area contributed by atoms with Crippen LogP contribution in [-0.2, 0) is 22.4 Å². The van der Waals surface area contributed by atoms with E-state index in [1.165, 1.54) is 12.1 Å². The van der Waals surface area contributed by atoms with Crippen LogP contribution in [0.1, 0.15) is 24.0 Å². The molecule has 7 heteroatoms. The Balaban J connectivity index is 1.81. The van der Waals surface area contributed by atoms with Crippen molar-refractivity contribution in [2.45, 2.75) is 30.3 Å².